The van der Waals surface area contributed by atoms with Crippen molar-refractivity contribution in [1.29, 1.82) is 0 Å². The van der Waals surface area contributed by atoms with Gasteiger partial charge in [0.05, 0.1) is 0 Å². The van der Waals surface area contributed by atoms with E-state index in [0.717, 1.165) is 23.6 Å². The van der Waals surface area contributed by atoms with Gasteiger partial charge >= 0.3 is 0 Å². The summed E-state index contributed by atoms with van der Waals surface area (Å²) in [5.41, 5.74) is 3.99. The Morgan fingerprint density at radius 2 is 2.14 bits per heavy atom. The fourth-order valence-electron chi connectivity index (χ4n) is 1.99. The summed E-state index contributed by atoms with van der Waals surface area (Å²) in [6.45, 7) is 4.54. The summed E-state index contributed by atoms with van der Waals surface area (Å²) in [5, 5.41) is 4.28. The molecule has 1 aliphatic rings. The van der Waals surface area contributed by atoms with Gasteiger partial charge in [0.2, 0.25) is 10.0 Å². The zero-order valence-electron chi connectivity index (χ0n) is 12.2. The number of nitrogens with one attached hydrogen (secondary N) is 1. The number of rotatable bonds is 6. The molecule has 0 atom stereocenters. The molecule has 1 aliphatic heterocycles. The van der Waals surface area contributed by atoms with Crippen molar-refractivity contribution >= 4 is 33.3 Å². The third-order valence-electron chi connectivity index (χ3n) is 3.21. The molecule has 116 valence electrons. The number of nitrogens with zero attached hydrogens (tertiary/aromatic N) is 3. The molecule has 1 aromatic rings. The summed E-state index contributed by atoms with van der Waals surface area (Å²) in [6, 6.07) is 3.20. The molecule has 0 spiro atoms. The predicted octanol–water partition coefficient (Wildman–Crippen LogP) is 2.02. The maximum absolute atomic E-state index is 12.3. The second kappa shape index (κ2) is 7.24. The van der Waals surface area contributed by atoms with E-state index in [0.29, 0.717) is 18.9 Å². The summed E-state index contributed by atoms with van der Waals surface area (Å²) in [4.78, 5) is 4.34. The molecule has 1 N–H and O–H groups in total. The van der Waals surface area contributed by atoms with Crippen molar-refractivity contribution in [2.24, 2.45) is 5.10 Å². The molecule has 0 bridgehead atoms. The lowest BCUT2D eigenvalue weighted by Gasteiger charge is -2.18. The lowest BCUT2D eigenvalue weighted by Crippen LogP contribution is -2.30. The third-order valence-corrected chi connectivity index (χ3v) is 6.28. The van der Waals surface area contributed by atoms with E-state index in [9.17, 15) is 8.42 Å². The summed E-state index contributed by atoms with van der Waals surface area (Å²) in [7, 11) is -3.44. The molecule has 0 unspecified atom stereocenters. The molecule has 1 fully saturated rings. The van der Waals surface area contributed by atoms with E-state index >= 15 is 0 Å². The van der Waals surface area contributed by atoms with Gasteiger partial charge in [0.1, 0.15) is 10.7 Å². The van der Waals surface area contributed by atoms with Gasteiger partial charge in [-0.15, -0.1) is 0 Å². The Morgan fingerprint density at radius 1 is 1.38 bits per heavy atom. The zero-order valence-corrected chi connectivity index (χ0v) is 13.9. The number of hydrogen-bond donors (Lipinski definition) is 1. The third kappa shape index (κ3) is 3.96. The van der Waals surface area contributed by atoms with Gasteiger partial charge in [0.15, 0.2) is 0 Å². The fourth-order valence-corrected chi connectivity index (χ4v) is 4.36. The van der Waals surface area contributed by atoms with Gasteiger partial charge in [0.25, 0.3) is 0 Å². The monoisotopic (exact) mass is 328 g/mol. The summed E-state index contributed by atoms with van der Waals surface area (Å²) < 4.78 is 26.0. The van der Waals surface area contributed by atoms with Crippen molar-refractivity contribution in [2.45, 2.75) is 25.2 Å². The highest BCUT2D eigenvalue weighted by atomic mass is 32.2. The Labute approximate surface area is 130 Å². The number of aromatic nitrogens is 1. The number of hydrazone groups is 1. The first-order valence-electron chi connectivity index (χ1n) is 6.93. The first-order chi connectivity index (χ1) is 10.1. The minimum atomic E-state index is -3.44. The van der Waals surface area contributed by atoms with Crippen LogP contribution in [0.3, 0.4) is 0 Å². The van der Waals surface area contributed by atoms with Gasteiger partial charge in [0, 0.05) is 30.8 Å². The first kappa shape index (κ1) is 16.3. The van der Waals surface area contributed by atoms with Crippen LogP contribution in [-0.4, -0.2) is 48.0 Å². The molecule has 0 amide bonds. The van der Waals surface area contributed by atoms with E-state index in [4.69, 9.17) is 0 Å². The van der Waals surface area contributed by atoms with Crippen molar-refractivity contribution in [3.8, 4) is 0 Å². The van der Waals surface area contributed by atoms with Crippen LogP contribution < -0.4 is 5.43 Å². The van der Waals surface area contributed by atoms with Crippen molar-refractivity contribution in [3.63, 3.8) is 0 Å². The number of anilines is 1. The van der Waals surface area contributed by atoms with Crippen molar-refractivity contribution in [2.75, 3.05) is 30.0 Å². The Balaban J connectivity index is 2.09. The standard InChI is InChI=1S/C13H20N4O2S2/c1-3-17(4-2)21(18,19)12-5-6-13(14-9-12)16-15-11-7-8-20-10-11/h5-6,9H,3-4,7-8,10H2,1-2H3,(H,14,16)/b15-11+. The van der Waals surface area contributed by atoms with Crippen LogP contribution in [0.1, 0.15) is 20.3 Å². The average molecular weight is 328 g/mol. The smallest absolute Gasteiger partial charge is 0.244 e. The van der Waals surface area contributed by atoms with Gasteiger partial charge in [-0.05, 0) is 24.3 Å². The summed E-state index contributed by atoms with van der Waals surface area (Å²) >= 11 is 1.86. The van der Waals surface area contributed by atoms with Crippen LogP contribution in [-0.2, 0) is 10.0 Å². The van der Waals surface area contributed by atoms with Gasteiger partial charge in [-0.3, -0.25) is 5.43 Å². The Morgan fingerprint density at radius 3 is 2.67 bits per heavy atom. The van der Waals surface area contributed by atoms with Crippen LogP contribution in [0, 0.1) is 0 Å². The van der Waals surface area contributed by atoms with Crippen LogP contribution in [0.4, 0.5) is 5.82 Å². The molecule has 0 saturated carbocycles. The van der Waals surface area contributed by atoms with Crippen molar-refractivity contribution < 1.29 is 8.42 Å². The normalized spacial score (nSPS) is 17.6. The molecule has 2 rings (SSSR count). The lowest BCUT2D eigenvalue weighted by atomic mass is 10.3. The van der Waals surface area contributed by atoms with Crippen molar-refractivity contribution in [3.05, 3.63) is 18.3 Å². The highest BCUT2D eigenvalue weighted by molar-refractivity contribution is 8.00. The highest BCUT2D eigenvalue weighted by Gasteiger charge is 2.21. The molecule has 0 aromatic carbocycles. The molecular weight excluding hydrogens is 308 g/mol. The molecule has 6 nitrogen and oxygen atoms in total. The van der Waals surface area contributed by atoms with Crippen LogP contribution in [0.25, 0.3) is 0 Å². The summed E-state index contributed by atoms with van der Waals surface area (Å²) in [5.74, 6) is 2.61. The van der Waals surface area contributed by atoms with Gasteiger partial charge in [-0.2, -0.15) is 21.2 Å². The lowest BCUT2D eigenvalue weighted by molar-refractivity contribution is 0.445. The zero-order chi connectivity index (χ0) is 15.3. The number of pyridine rings is 1. The first-order valence-corrected chi connectivity index (χ1v) is 9.52. The van der Waals surface area contributed by atoms with Crippen molar-refractivity contribution in [1.82, 2.24) is 9.29 Å². The van der Waals surface area contributed by atoms with E-state index in [1.165, 1.54) is 10.5 Å². The predicted molar refractivity (Wildman–Crippen MR) is 87.3 cm³/mol. The average Bonchev–Trinajstić information content (AvgIpc) is 3.00. The minimum Gasteiger partial charge on any atom is -0.261 e. The molecule has 0 aliphatic carbocycles. The van der Waals surface area contributed by atoms with Crippen LogP contribution in [0.2, 0.25) is 0 Å². The number of sulfonamides is 1. The van der Waals surface area contributed by atoms with Crippen LogP contribution >= 0.6 is 11.8 Å². The van der Waals surface area contributed by atoms with E-state index in [-0.39, 0.29) is 4.90 Å². The Kier molecular flexibility index (Phi) is 5.60. The molecule has 0 radical (unpaired) electrons. The molecule has 1 saturated heterocycles. The largest absolute Gasteiger partial charge is 0.261 e. The van der Waals surface area contributed by atoms with E-state index in [1.54, 1.807) is 12.1 Å². The minimum absolute atomic E-state index is 0.209. The molecule has 1 aromatic heterocycles. The second-order valence-electron chi connectivity index (χ2n) is 4.56. The number of thioether (sulfide) groups is 1. The summed E-state index contributed by atoms with van der Waals surface area (Å²) in [6.07, 6.45) is 2.37. The SMILES string of the molecule is CCN(CC)S(=O)(=O)c1ccc(N/N=C2\CCSC2)nc1. The molecular formula is C13H20N4O2S2. The maximum Gasteiger partial charge on any atom is 0.244 e. The topological polar surface area (TPSA) is 74.7 Å². The van der Waals surface area contributed by atoms with E-state index < -0.39 is 10.0 Å². The van der Waals surface area contributed by atoms with E-state index in [2.05, 4.69) is 15.5 Å². The van der Waals surface area contributed by atoms with Gasteiger partial charge in [-0.25, -0.2) is 13.4 Å². The highest BCUT2D eigenvalue weighted by Crippen LogP contribution is 2.17. The maximum atomic E-state index is 12.3. The Bertz CT molecular complexity index is 587. The molecule has 21 heavy (non-hydrogen) atoms. The van der Waals surface area contributed by atoms with Gasteiger partial charge in [-0.1, -0.05) is 13.8 Å². The van der Waals surface area contributed by atoms with E-state index in [1.807, 2.05) is 25.6 Å². The molecule has 2 heterocycles. The number of hydrogen-bond acceptors (Lipinski definition) is 6. The van der Waals surface area contributed by atoms with Crippen LogP contribution in [0.5, 0.6) is 0 Å². The Hall–Kier alpha value is -1.12. The fraction of sp³-hybridized carbons (Fsp3) is 0.538. The van der Waals surface area contributed by atoms with Crippen LogP contribution in [0.15, 0.2) is 28.3 Å². The quantitative estimate of drug-likeness (QED) is 0.809. The molecule has 8 heteroatoms. The van der Waals surface area contributed by atoms with Gasteiger partial charge < -0.3 is 0 Å². The second-order valence-corrected chi connectivity index (χ2v) is 7.60.